The minimum Gasteiger partial charge on any atom is -0.326 e. The van der Waals surface area contributed by atoms with Crippen molar-refractivity contribution in [1.82, 2.24) is 9.88 Å². The maximum atomic E-state index is 13.3. The first-order valence-electron chi connectivity index (χ1n) is 9.92. The molecule has 1 saturated heterocycles. The maximum absolute atomic E-state index is 13.3. The summed E-state index contributed by atoms with van der Waals surface area (Å²) in [5.41, 5.74) is 1.71. The number of carbonyl (C=O) groups excluding carboxylic acids is 4. The Bertz CT molecular complexity index is 1150. The molecule has 4 rings (SSSR count). The molecule has 4 amide bonds. The highest BCUT2D eigenvalue weighted by Crippen LogP contribution is 2.29. The van der Waals surface area contributed by atoms with Gasteiger partial charge in [0, 0.05) is 31.5 Å². The van der Waals surface area contributed by atoms with Crippen LogP contribution in [-0.2, 0) is 20.9 Å². The van der Waals surface area contributed by atoms with Crippen LogP contribution in [0.4, 0.5) is 11.4 Å². The van der Waals surface area contributed by atoms with Crippen molar-refractivity contribution in [2.24, 2.45) is 0 Å². The van der Waals surface area contributed by atoms with Crippen LogP contribution in [0.3, 0.4) is 0 Å². The highest BCUT2D eigenvalue weighted by atomic mass is 32.1. The van der Waals surface area contributed by atoms with E-state index >= 15 is 0 Å². The second-order valence-corrected chi connectivity index (χ2v) is 8.23. The molecule has 8 nitrogen and oxygen atoms in total. The predicted octanol–water partition coefficient (Wildman–Crippen LogP) is 3.08. The molecule has 1 atom stereocenters. The second kappa shape index (κ2) is 9.11. The van der Waals surface area contributed by atoms with E-state index in [0.717, 1.165) is 10.5 Å². The zero-order valence-corrected chi connectivity index (χ0v) is 18.0. The molecule has 9 heteroatoms. The van der Waals surface area contributed by atoms with Gasteiger partial charge in [0.05, 0.1) is 17.0 Å². The summed E-state index contributed by atoms with van der Waals surface area (Å²) in [6.07, 6.45) is 3.16. The lowest BCUT2D eigenvalue weighted by Gasteiger charge is -2.27. The van der Waals surface area contributed by atoms with E-state index in [2.05, 4.69) is 10.3 Å². The lowest BCUT2D eigenvalue weighted by molar-refractivity contribution is -0.122. The lowest BCUT2D eigenvalue weighted by Crippen LogP contribution is -2.45. The van der Waals surface area contributed by atoms with E-state index in [4.69, 9.17) is 0 Å². The summed E-state index contributed by atoms with van der Waals surface area (Å²) in [5, 5.41) is 4.44. The summed E-state index contributed by atoms with van der Waals surface area (Å²) < 4.78 is 0. The van der Waals surface area contributed by atoms with Crippen LogP contribution in [0.2, 0.25) is 0 Å². The van der Waals surface area contributed by atoms with Crippen LogP contribution in [0.5, 0.6) is 0 Å². The van der Waals surface area contributed by atoms with Gasteiger partial charge in [0.25, 0.3) is 11.8 Å². The number of thiophene rings is 1. The van der Waals surface area contributed by atoms with Crippen molar-refractivity contribution in [3.63, 3.8) is 0 Å². The molecule has 32 heavy (non-hydrogen) atoms. The number of hydrogen-bond acceptors (Lipinski definition) is 6. The zero-order valence-electron chi connectivity index (χ0n) is 17.2. The van der Waals surface area contributed by atoms with Crippen LogP contribution in [0.1, 0.15) is 28.6 Å². The van der Waals surface area contributed by atoms with E-state index in [9.17, 15) is 19.2 Å². The van der Waals surface area contributed by atoms with Gasteiger partial charge in [-0.3, -0.25) is 24.2 Å². The fourth-order valence-electron chi connectivity index (χ4n) is 3.58. The molecule has 1 fully saturated rings. The molecule has 1 aliphatic rings. The molecule has 1 N–H and O–H groups in total. The average molecular weight is 449 g/mol. The molecule has 0 spiro atoms. The van der Waals surface area contributed by atoms with Crippen molar-refractivity contribution in [1.29, 1.82) is 0 Å². The Balaban J connectivity index is 1.62. The molecule has 0 aliphatic carbocycles. The lowest BCUT2D eigenvalue weighted by atomic mass is 10.1. The molecule has 0 saturated carbocycles. The van der Waals surface area contributed by atoms with E-state index in [-0.39, 0.29) is 30.7 Å². The quantitative estimate of drug-likeness (QED) is 0.584. The number of nitrogens with one attached hydrogen (secondary N) is 1. The number of carbonyl (C=O) groups is 4. The summed E-state index contributed by atoms with van der Waals surface area (Å²) in [4.78, 5) is 57.7. The zero-order chi connectivity index (χ0) is 22.7. The Morgan fingerprint density at radius 1 is 1.16 bits per heavy atom. The Hall–Kier alpha value is -3.85. The third-order valence-corrected chi connectivity index (χ3v) is 5.87. The fourth-order valence-corrected chi connectivity index (χ4v) is 4.26. The first-order valence-corrected chi connectivity index (χ1v) is 10.8. The van der Waals surface area contributed by atoms with Crippen LogP contribution in [0, 0.1) is 0 Å². The van der Waals surface area contributed by atoms with Crippen molar-refractivity contribution in [3.8, 4) is 0 Å². The number of benzene rings is 1. The first-order chi connectivity index (χ1) is 15.4. The van der Waals surface area contributed by atoms with Crippen LogP contribution in [0.25, 0.3) is 0 Å². The molecule has 1 unspecified atom stereocenters. The van der Waals surface area contributed by atoms with Crippen LogP contribution >= 0.6 is 11.3 Å². The van der Waals surface area contributed by atoms with Gasteiger partial charge in [-0.15, -0.1) is 11.3 Å². The third-order valence-electron chi connectivity index (χ3n) is 5.01. The van der Waals surface area contributed by atoms with E-state index in [1.807, 2.05) is 6.07 Å². The normalized spacial score (nSPS) is 15.7. The molecule has 162 valence electrons. The van der Waals surface area contributed by atoms with Gasteiger partial charge in [-0.25, -0.2) is 4.90 Å². The van der Waals surface area contributed by atoms with E-state index in [0.29, 0.717) is 16.3 Å². The van der Waals surface area contributed by atoms with Gasteiger partial charge < -0.3 is 10.2 Å². The van der Waals surface area contributed by atoms with Crippen molar-refractivity contribution in [2.45, 2.75) is 25.9 Å². The summed E-state index contributed by atoms with van der Waals surface area (Å²) in [7, 11) is 0. The predicted molar refractivity (Wildman–Crippen MR) is 120 cm³/mol. The number of aromatic nitrogens is 1. The van der Waals surface area contributed by atoms with Crippen molar-refractivity contribution in [2.75, 3.05) is 10.2 Å². The summed E-state index contributed by atoms with van der Waals surface area (Å²) in [5.74, 6) is -1.37. The number of anilines is 2. The van der Waals surface area contributed by atoms with Crippen LogP contribution < -0.4 is 10.2 Å². The molecular weight excluding hydrogens is 428 g/mol. The number of rotatable bonds is 6. The first kappa shape index (κ1) is 21.4. The van der Waals surface area contributed by atoms with Crippen molar-refractivity contribution < 1.29 is 19.2 Å². The van der Waals surface area contributed by atoms with E-state index < -0.39 is 11.9 Å². The average Bonchev–Trinajstić information content (AvgIpc) is 3.41. The van der Waals surface area contributed by atoms with Gasteiger partial charge >= 0.3 is 0 Å². The minimum atomic E-state index is -0.924. The van der Waals surface area contributed by atoms with Crippen LogP contribution in [-0.4, -0.2) is 39.6 Å². The molecule has 0 bridgehead atoms. The molecule has 3 heterocycles. The van der Waals surface area contributed by atoms with Gasteiger partial charge in [-0.1, -0.05) is 12.1 Å². The highest BCUT2D eigenvalue weighted by molar-refractivity contribution is 7.12. The number of amides is 4. The molecule has 1 aromatic carbocycles. The Morgan fingerprint density at radius 2 is 1.94 bits per heavy atom. The standard InChI is InChI=1S/C23H20N4O4S/c1-15(28)25-17-6-8-18(9-7-17)27-21(29)12-19(22(27)30)26(14-16-4-2-10-24-13-16)23(31)20-5-3-11-32-20/h2-11,13,19H,12,14H2,1H3,(H,25,28). The molecule has 3 aromatic rings. The summed E-state index contributed by atoms with van der Waals surface area (Å²) in [6.45, 7) is 1.55. The van der Waals surface area contributed by atoms with Gasteiger partial charge in [0.15, 0.2) is 0 Å². The number of hydrogen-bond donors (Lipinski definition) is 1. The maximum Gasteiger partial charge on any atom is 0.264 e. The van der Waals surface area contributed by atoms with Gasteiger partial charge in [0.1, 0.15) is 6.04 Å². The van der Waals surface area contributed by atoms with E-state index in [1.54, 1.807) is 60.2 Å². The SMILES string of the molecule is CC(=O)Nc1ccc(N2C(=O)CC(N(Cc3cccnc3)C(=O)c3cccs3)C2=O)cc1. The topological polar surface area (TPSA) is 99.7 Å². The molecular formula is C23H20N4O4S. The Kier molecular flexibility index (Phi) is 6.09. The Labute approximate surface area is 188 Å². The summed E-state index contributed by atoms with van der Waals surface area (Å²) >= 11 is 1.28. The van der Waals surface area contributed by atoms with E-state index in [1.165, 1.54) is 23.2 Å². The molecule has 1 aliphatic heterocycles. The fraction of sp³-hybridized carbons (Fsp3) is 0.174. The van der Waals surface area contributed by atoms with Gasteiger partial charge in [-0.2, -0.15) is 0 Å². The smallest absolute Gasteiger partial charge is 0.264 e. The molecule has 2 aromatic heterocycles. The number of pyridine rings is 1. The van der Waals surface area contributed by atoms with Crippen molar-refractivity contribution in [3.05, 3.63) is 76.7 Å². The Morgan fingerprint density at radius 3 is 2.56 bits per heavy atom. The van der Waals surface area contributed by atoms with Crippen molar-refractivity contribution >= 4 is 46.3 Å². The molecule has 0 radical (unpaired) electrons. The highest BCUT2D eigenvalue weighted by Gasteiger charge is 2.44. The second-order valence-electron chi connectivity index (χ2n) is 7.29. The minimum absolute atomic E-state index is 0.107. The largest absolute Gasteiger partial charge is 0.326 e. The monoisotopic (exact) mass is 448 g/mol. The van der Waals surface area contributed by atoms with Crippen LogP contribution in [0.15, 0.2) is 66.3 Å². The third kappa shape index (κ3) is 4.42. The van der Waals surface area contributed by atoms with Gasteiger partial charge in [-0.05, 0) is 47.3 Å². The van der Waals surface area contributed by atoms with Gasteiger partial charge in [0.2, 0.25) is 11.8 Å². The number of nitrogens with zero attached hydrogens (tertiary/aromatic N) is 3. The summed E-state index contributed by atoms with van der Waals surface area (Å²) in [6, 6.07) is 12.5. The number of imide groups is 1.